The molecular weight excluding hydrogens is 506 g/mol. The Kier molecular flexibility index (Phi) is 7.82. The van der Waals surface area contributed by atoms with Gasteiger partial charge in [0.2, 0.25) is 0 Å². The van der Waals surface area contributed by atoms with E-state index in [1.807, 2.05) is 6.07 Å². The molecule has 4 rings (SSSR count). The van der Waals surface area contributed by atoms with Gasteiger partial charge in [-0.3, -0.25) is 5.41 Å². The largest absolute Gasteiger partial charge is 0.415 e. The summed E-state index contributed by atoms with van der Waals surface area (Å²) in [6.07, 6.45) is 0.976. The zero-order valence-corrected chi connectivity index (χ0v) is 21.7. The maximum atomic E-state index is 13.2. The van der Waals surface area contributed by atoms with E-state index in [1.165, 1.54) is 15.8 Å². The third-order valence-electron chi connectivity index (χ3n) is 5.84. The standard InChI is InChI=1S/C26H27N7O4S/c1-32-24(29-30-31-32)14-15-33(17-18-6-5-7-20(16-18)25(27)28)26(34)37-21-12-10-19(11-13-21)22-8-3-4-9-23(22)38(2,35)36/h3-13,16H,14-15,17H2,1-2H3,(H3,27,28). The summed E-state index contributed by atoms with van der Waals surface area (Å²) in [5.41, 5.74) is 8.20. The van der Waals surface area contributed by atoms with E-state index in [1.54, 1.807) is 73.8 Å². The van der Waals surface area contributed by atoms with Gasteiger partial charge in [-0.25, -0.2) is 17.9 Å². The van der Waals surface area contributed by atoms with Crippen LogP contribution in [0.4, 0.5) is 4.79 Å². The highest BCUT2D eigenvalue weighted by Crippen LogP contribution is 2.29. The number of nitrogen functional groups attached to an aromatic ring is 1. The van der Waals surface area contributed by atoms with Gasteiger partial charge >= 0.3 is 6.09 Å². The third-order valence-corrected chi connectivity index (χ3v) is 6.99. The van der Waals surface area contributed by atoms with Gasteiger partial charge in [-0.2, -0.15) is 0 Å². The first-order valence-corrected chi connectivity index (χ1v) is 13.5. The van der Waals surface area contributed by atoms with Crippen LogP contribution < -0.4 is 10.5 Å². The number of amidine groups is 1. The molecule has 3 N–H and O–H groups in total. The number of tetrazole rings is 1. The molecule has 0 saturated heterocycles. The Bertz CT molecular complexity index is 1570. The molecule has 0 spiro atoms. The van der Waals surface area contributed by atoms with Crippen molar-refractivity contribution in [3.63, 3.8) is 0 Å². The number of aromatic nitrogens is 4. The molecule has 1 heterocycles. The normalized spacial score (nSPS) is 11.2. The monoisotopic (exact) mass is 533 g/mol. The maximum absolute atomic E-state index is 13.2. The van der Waals surface area contributed by atoms with Gasteiger partial charge in [0.1, 0.15) is 11.6 Å². The van der Waals surface area contributed by atoms with Crippen molar-refractivity contribution < 1.29 is 17.9 Å². The van der Waals surface area contributed by atoms with Gasteiger partial charge in [0.25, 0.3) is 0 Å². The Morgan fingerprint density at radius 1 is 1.08 bits per heavy atom. The van der Waals surface area contributed by atoms with Gasteiger partial charge in [0.05, 0.1) is 4.90 Å². The van der Waals surface area contributed by atoms with Crippen molar-refractivity contribution in [1.29, 1.82) is 5.41 Å². The molecule has 0 aliphatic rings. The first-order valence-electron chi connectivity index (χ1n) is 11.6. The maximum Gasteiger partial charge on any atom is 0.415 e. The van der Waals surface area contributed by atoms with E-state index in [-0.39, 0.29) is 23.8 Å². The first-order chi connectivity index (χ1) is 18.1. The lowest BCUT2D eigenvalue weighted by molar-refractivity contribution is 0.149. The summed E-state index contributed by atoms with van der Waals surface area (Å²) in [6, 6.07) is 20.5. The minimum absolute atomic E-state index is 0.0660. The average molecular weight is 534 g/mol. The number of benzene rings is 3. The van der Waals surface area contributed by atoms with E-state index < -0.39 is 15.9 Å². The summed E-state index contributed by atoms with van der Waals surface area (Å²) < 4.78 is 31.6. The van der Waals surface area contributed by atoms with Crippen LogP contribution in [0.3, 0.4) is 0 Å². The second kappa shape index (κ2) is 11.2. The molecule has 3 aromatic carbocycles. The van der Waals surface area contributed by atoms with Crippen LogP contribution in [0.5, 0.6) is 5.75 Å². The van der Waals surface area contributed by atoms with Crippen LogP contribution in [0, 0.1) is 5.41 Å². The number of hydrogen-bond donors (Lipinski definition) is 2. The number of amides is 1. The van der Waals surface area contributed by atoms with E-state index in [9.17, 15) is 13.2 Å². The topological polar surface area (TPSA) is 157 Å². The predicted molar refractivity (Wildman–Crippen MR) is 141 cm³/mol. The minimum Gasteiger partial charge on any atom is -0.410 e. The van der Waals surface area contributed by atoms with Crippen LogP contribution in [-0.4, -0.2) is 58.3 Å². The van der Waals surface area contributed by atoms with Crippen LogP contribution >= 0.6 is 0 Å². The fourth-order valence-corrected chi connectivity index (χ4v) is 4.79. The number of rotatable bonds is 9. The molecule has 4 aromatic rings. The highest BCUT2D eigenvalue weighted by atomic mass is 32.2. The van der Waals surface area contributed by atoms with E-state index in [4.69, 9.17) is 15.9 Å². The van der Waals surface area contributed by atoms with Gasteiger partial charge < -0.3 is 15.4 Å². The second-order valence-corrected chi connectivity index (χ2v) is 10.6. The van der Waals surface area contributed by atoms with Crippen molar-refractivity contribution in [2.75, 3.05) is 12.8 Å². The molecule has 196 valence electrons. The SMILES string of the molecule is Cn1nnnc1CCN(Cc1cccc(C(=N)N)c1)C(=O)Oc1ccc(-c2ccccc2S(C)(=O)=O)cc1. The van der Waals surface area contributed by atoms with Crippen molar-refractivity contribution >= 4 is 21.8 Å². The van der Waals surface area contributed by atoms with Crippen molar-refractivity contribution in [3.8, 4) is 16.9 Å². The van der Waals surface area contributed by atoms with Crippen molar-refractivity contribution in [2.24, 2.45) is 12.8 Å². The molecule has 0 saturated carbocycles. The molecule has 0 aliphatic carbocycles. The molecule has 1 aromatic heterocycles. The van der Waals surface area contributed by atoms with Crippen molar-refractivity contribution in [1.82, 2.24) is 25.1 Å². The number of hydrogen-bond acceptors (Lipinski definition) is 8. The molecular formula is C26H27N7O4S. The summed E-state index contributed by atoms with van der Waals surface area (Å²) in [6.45, 7) is 0.488. The molecule has 0 radical (unpaired) electrons. The number of sulfone groups is 1. The van der Waals surface area contributed by atoms with Crippen molar-refractivity contribution in [2.45, 2.75) is 17.9 Å². The molecule has 0 fully saturated rings. The van der Waals surface area contributed by atoms with E-state index >= 15 is 0 Å². The molecule has 12 heteroatoms. The summed E-state index contributed by atoms with van der Waals surface area (Å²) in [5.74, 6) is 0.844. The molecule has 38 heavy (non-hydrogen) atoms. The number of nitrogens with two attached hydrogens (primary N) is 1. The Morgan fingerprint density at radius 2 is 1.82 bits per heavy atom. The average Bonchev–Trinajstić information content (AvgIpc) is 3.31. The van der Waals surface area contributed by atoms with Gasteiger partial charge in [-0.1, -0.05) is 48.5 Å². The quantitative estimate of drug-likeness (QED) is 0.246. The highest BCUT2D eigenvalue weighted by Gasteiger charge is 2.19. The Hall–Kier alpha value is -4.58. The first kappa shape index (κ1) is 26.5. The zero-order valence-electron chi connectivity index (χ0n) is 20.9. The Balaban J connectivity index is 1.54. The molecule has 0 atom stereocenters. The van der Waals surface area contributed by atoms with Crippen LogP contribution in [0.2, 0.25) is 0 Å². The lowest BCUT2D eigenvalue weighted by atomic mass is 10.1. The summed E-state index contributed by atoms with van der Waals surface area (Å²) in [7, 11) is -1.70. The lowest BCUT2D eigenvalue weighted by Crippen LogP contribution is -2.35. The van der Waals surface area contributed by atoms with Crippen molar-refractivity contribution in [3.05, 3.63) is 89.7 Å². The number of nitrogens with one attached hydrogen (secondary N) is 1. The van der Waals surface area contributed by atoms with Gasteiger partial charge in [-0.15, -0.1) is 5.10 Å². The molecule has 11 nitrogen and oxygen atoms in total. The number of aryl methyl sites for hydroxylation is 1. The van der Waals surface area contributed by atoms with Crippen LogP contribution in [0.15, 0.2) is 77.7 Å². The molecule has 0 unspecified atom stereocenters. The number of carbonyl (C=O) groups excluding carboxylic acids is 1. The van der Waals surface area contributed by atoms with E-state index in [0.717, 1.165) is 5.56 Å². The fourth-order valence-electron chi connectivity index (χ4n) is 3.88. The van der Waals surface area contributed by atoms with Crippen LogP contribution in [0.25, 0.3) is 11.1 Å². The number of nitrogens with zero attached hydrogens (tertiary/aromatic N) is 5. The molecule has 1 amide bonds. The van der Waals surface area contributed by atoms with Crippen LogP contribution in [0.1, 0.15) is 17.0 Å². The number of ether oxygens (including phenoxy) is 1. The molecule has 0 bridgehead atoms. The summed E-state index contributed by atoms with van der Waals surface area (Å²) in [5, 5.41) is 19.1. The van der Waals surface area contributed by atoms with E-state index in [2.05, 4.69) is 15.5 Å². The molecule has 0 aliphatic heterocycles. The minimum atomic E-state index is -3.42. The zero-order chi connectivity index (χ0) is 27.3. The fraction of sp³-hybridized carbons (Fsp3) is 0.192. The lowest BCUT2D eigenvalue weighted by Gasteiger charge is -2.22. The highest BCUT2D eigenvalue weighted by molar-refractivity contribution is 7.90. The van der Waals surface area contributed by atoms with Gasteiger partial charge in [0, 0.05) is 43.9 Å². The summed E-state index contributed by atoms with van der Waals surface area (Å²) in [4.78, 5) is 15.0. The van der Waals surface area contributed by atoms with Gasteiger partial charge in [0.15, 0.2) is 15.7 Å². The summed E-state index contributed by atoms with van der Waals surface area (Å²) >= 11 is 0. The van der Waals surface area contributed by atoms with Crippen LogP contribution in [-0.2, 0) is 29.9 Å². The number of carbonyl (C=O) groups is 1. The van der Waals surface area contributed by atoms with E-state index in [0.29, 0.717) is 34.7 Å². The third kappa shape index (κ3) is 6.40. The Labute approximate surface area is 220 Å². The van der Waals surface area contributed by atoms with Gasteiger partial charge in [-0.05, 0) is 45.8 Å². The Morgan fingerprint density at radius 3 is 2.47 bits per heavy atom. The predicted octanol–water partition coefficient (Wildman–Crippen LogP) is 2.81. The smallest absolute Gasteiger partial charge is 0.410 e. The second-order valence-electron chi connectivity index (χ2n) is 8.67.